The lowest BCUT2D eigenvalue weighted by molar-refractivity contribution is -0.384. The third kappa shape index (κ3) is 4.09. The maximum Gasteiger partial charge on any atom is 0.340 e. The molecule has 0 radical (unpaired) electrons. The maximum absolute atomic E-state index is 13.1. The molecular formula is C20H16N2O7S2. The highest BCUT2D eigenvalue weighted by molar-refractivity contribution is 8.27. The Labute approximate surface area is 186 Å². The Balaban J connectivity index is 2.05. The molecule has 0 unspecified atom stereocenters. The SMILES string of the molecule is COc1ccc(/C=C2\SC(=S)N(c3ccc([N+](=O)[O-])cc3C)C2=O)c(C(=O)O)c1OC. The third-order valence-electron chi connectivity index (χ3n) is 4.50. The Bertz CT molecular complexity index is 1160. The zero-order valence-corrected chi connectivity index (χ0v) is 18.2. The number of carboxylic acids is 1. The van der Waals surface area contributed by atoms with Gasteiger partial charge in [0.2, 0.25) is 0 Å². The van der Waals surface area contributed by atoms with E-state index >= 15 is 0 Å². The monoisotopic (exact) mass is 460 g/mol. The first kappa shape index (κ1) is 22.2. The van der Waals surface area contributed by atoms with Gasteiger partial charge in [-0.25, -0.2) is 4.79 Å². The summed E-state index contributed by atoms with van der Waals surface area (Å²) in [4.78, 5) is 36.8. The molecule has 0 aliphatic carbocycles. The van der Waals surface area contributed by atoms with Gasteiger partial charge in [0.05, 0.1) is 29.7 Å². The van der Waals surface area contributed by atoms with Crippen LogP contribution in [0.2, 0.25) is 0 Å². The molecule has 0 aromatic heterocycles. The fraction of sp³-hybridized carbons (Fsp3) is 0.150. The van der Waals surface area contributed by atoms with Crippen molar-refractivity contribution in [1.82, 2.24) is 0 Å². The minimum Gasteiger partial charge on any atom is -0.493 e. The molecule has 11 heteroatoms. The average molecular weight is 460 g/mol. The van der Waals surface area contributed by atoms with Gasteiger partial charge in [-0.05, 0) is 36.3 Å². The van der Waals surface area contributed by atoms with E-state index in [4.69, 9.17) is 21.7 Å². The quantitative estimate of drug-likeness (QED) is 0.295. The predicted octanol–water partition coefficient (Wildman–Crippen LogP) is 4.02. The summed E-state index contributed by atoms with van der Waals surface area (Å²) in [6, 6.07) is 7.16. The highest BCUT2D eigenvalue weighted by Gasteiger charge is 2.35. The van der Waals surface area contributed by atoms with Crippen LogP contribution in [0.4, 0.5) is 11.4 Å². The number of nitro benzene ring substituents is 1. The van der Waals surface area contributed by atoms with Gasteiger partial charge < -0.3 is 14.6 Å². The number of hydrogen-bond acceptors (Lipinski definition) is 8. The second-order valence-electron chi connectivity index (χ2n) is 6.32. The lowest BCUT2D eigenvalue weighted by Gasteiger charge is -2.17. The van der Waals surface area contributed by atoms with Crippen LogP contribution in [-0.4, -0.2) is 40.4 Å². The molecule has 0 spiro atoms. The molecule has 1 saturated heterocycles. The summed E-state index contributed by atoms with van der Waals surface area (Å²) in [5, 5.41) is 20.7. The molecule has 160 valence electrons. The highest BCUT2D eigenvalue weighted by Crippen LogP contribution is 2.40. The van der Waals surface area contributed by atoms with Gasteiger partial charge in [-0.15, -0.1) is 0 Å². The molecule has 1 N–H and O–H groups in total. The summed E-state index contributed by atoms with van der Waals surface area (Å²) in [6.45, 7) is 1.64. The lowest BCUT2D eigenvalue weighted by Crippen LogP contribution is -2.28. The van der Waals surface area contributed by atoms with E-state index in [0.717, 1.165) is 11.8 Å². The number of carboxylic acid groups (broad SMARTS) is 1. The standard InChI is InChI=1S/C20H16N2O7S2/c1-10-8-12(22(26)27)5-6-13(10)21-18(23)15(31-20(21)30)9-11-4-7-14(28-2)17(29-3)16(11)19(24)25/h4-9H,1-3H3,(H,24,25)/b15-9-. The van der Waals surface area contributed by atoms with Crippen LogP contribution in [0.5, 0.6) is 11.5 Å². The van der Waals surface area contributed by atoms with Crippen molar-refractivity contribution in [2.75, 3.05) is 19.1 Å². The number of ether oxygens (including phenoxy) is 2. The summed E-state index contributed by atoms with van der Waals surface area (Å²) in [6.07, 6.45) is 1.42. The molecule has 0 atom stereocenters. The van der Waals surface area contributed by atoms with Gasteiger partial charge in [0, 0.05) is 12.1 Å². The highest BCUT2D eigenvalue weighted by atomic mass is 32.2. The van der Waals surface area contributed by atoms with Crippen molar-refractivity contribution in [3.05, 3.63) is 62.0 Å². The summed E-state index contributed by atoms with van der Waals surface area (Å²) < 4.78 is 10.6. The third-order valence-corrected chi connectivity index (χ3v) is 5.81. The molecule has 3 rings (SSSR count). The number of rotatable bonds is 6. The number of thioether (sulfide) groups is 1. The van der Waals surface area contributed by atoms with Gasteiger partial charge in [0.1, 0.15) is 5.56 Å². The van der Waals surface area contributed by atoms with Crippen LogP contribution in [0.1, 0.15) is 21.5 Å². The van der Waals surface area contributed by atoms with Crippen LogP contribution in [0.3, 0.4) is 0 Å². The fourth-order valence-electron chi connectivity index (χ4n) is 3.10. The zero-order chi connectivity index (χ0) is 22.9. The van der Waals surface area contributed by atoms with E-state index in [9.17, 15) is 24.8 Å². The van der Waals surface area contributed by atoms with Crippen LogP contribution in [0.25, 0.3) is 6.08 Å². The first-order chi connectivity index (χ1) is 14.7. The molecule has 1 heterocycles. The second kappa shape index (κ2) is 8.74. The van der Waals surface area contributed by atoms with Gasteiger partial charge >= 0.3 is 5.97 Å². The van der Waals surface area contributed by atoms with Gasteiger partial charge in [-0.3, -0.25) is 19.8 Å². The van der Waals surface area contributed by atoms with Crippen molar-refractivity contribution < 1.29 is 29.1 Å². The van der Waals surface area contributed by atoms with E-state index in [2.05, 4.69) is 0 Å². The number of thiocarbonyl (C=S) groups is 1. The summed E-state index contributed by atoms with van der Waals surface area (Å²) in [7, 11) is 2.71. The number of anilines is 1. The van der Waals surface area contributed by atoms with E-state index in [1.807, 2.05) is 0 Å². The number of hydrogen-bond donors (Lipinski definition) is 1. The van der Waals surface area contributed by atoms with Crippen molar-refractivity contribution in [2.24, 2.45) is 0 Å². The van der Waals surface area contributed by atoms with E-state index in [1.54, 1.807) is 13.0 Å². The smallest absolute Gasteiger partial charge is 0.340 e. The molecule has 1 amide bonds. The summed E-state index contributed by atoms with van der Waals surface area (Å²) in [5.41, 5.74) is 0.912. The minimum atomic E-state index is -1.25. The van der Waals surface area contributed by atoms with E-state index in [1.165, 1.54) is 49.5 Å². The molecule has 1 aliphatic rings. The van der Waals surface area contributed by atoms with Crippen molar-refractivity contribution in [1.29, 1.82) is 0 Å². The number of benzene rings is 2. The van der Waals surface area contributed by atoms with Gasteiger partial charge in [-0.2, -0.15) is 0 Å². The largest absolute Gasteiger partial charge is 0.493 e. The molecule has 1 fully saturated rings. The van der Waals surface area contributed by atoms with Gasteiger partial charge in [0.15, 0.2) is 15.8 Å². The van der Waals surface area contributed by atoms with Crippen LogP contribution >= 0.6 is 24.0 Å². The van der Waals surface area contributed by atoms with Gasteiger partial charge in [0.25, 0.3) is 11.6 Å². The number of amides is 1. The molecule has 1 aliphatic heterocycles. The van der Waals surface area contributed by atoms with Crippen LogP contribution in [-0.2, 0) is 4.79 Å². The summed E-state index contributed by atoms with van der Waals surface area (Å²) >= 11 is 6.35. The van der Waals surface area contributed by atoms with Crippen molar-refractivity contribution >= 4 is 57.6 Å². The second-order valence-corrected chi connectivity index (χ2v) is 7.99. The zero-order valence-electron chi connectivity index (χ0n) is 16.6. The van der Waals surface area contributed by atoms with Gasteiger partial charge in [-0.1, -0.05) is 30.0 Å². The Hall–Kier alpha value is -3.44. The van der Waals surface area contributed by atoms with E-state index in [0.29, 0.717) is 11.3 Å². The molecule has 9 nitrogen and oxygen atoms in total. The topological polar surface area (TPSA) is 119 Å². The molecule has 0 bridgehead atoms. The van der Waals surface area contributed by atoms with E-state index < -0.39 is 16.8 Å². The van der Waals surface area contributed by atoms with E-state index in [-0.39, 0.29) is 37.5 Å². The Morgan fingerprint density at radius 3 is 2.52 bits per heavy atom. The number of aromatic carboxylic acids is 1. The Morgan fingerprint density at radius 2 is 1.97 bits per heavy atom. The molecule has 31 heavy (non-hydrogen) atoms. The van der Waals surface area contributed by atoms with Crippen molar-refractivity contribution in [3.63, 3.8) is 0 Å². The average Bonchev–Trinajstić information content (AvgIpc) is 3.00. The van der Waals surface area contributed by atoms with Crippen LogP contribution < -0.4 is 14.4 Å². The Kier molecular flexibility index (Phi) is 6.27. The number of nitro groups is 1. The first-order valence-corrected chi connectivity index (χ1v) is 9.93. The van der Waals surface area contributed by atoms with Crippen molar-refractivity contribution in [3.8, 4) is 11.5 Å². The first-order valence-electron chi connectivity index (χ1n) is 8.70. The molecule has 2 aromatic carbocycles. The lowest BCUT2D eigenvalue weighted by atomic mass is 10.0. The predicted molar refractivity (Wildman–Crippen MR) is 120 cm³/mol. The number of methoxy groups -OCH3 is 2. The number of nitrogens with zero attached hydrogens (tertiary/aromatic N) is 2. The van der Waals surface area contributed by atoms with Crippen LogP contribution in [0.15, 0.2) is 35.2 Å². The molecular weight excluding hydrogens is 444 g/mol. The minimum absolute atomic E-state index is 0.0328. The normalized spacial score (nSPS) is 14.8. The maximum atomic E-state index is 13.1. The number of aryl methyl sites for hydroxylation is 1. The Morgan fingerprint density at radius 1 is 1.26 bits per heavy atom. The van der Waals surface area contributed by atoms with Crippen LogP contribution in [0, 0.1) is 17.0 Å². The number of non-ortho nitro benzene ring substituents is 1. The molecule has 0 saturated carbocycles. The fourth-order valence-corrected chi connectivity index (χ4v) is 4.38. The number of carbonyl (C=O) groups is 2. The number of carbonyl (C=O) groups excluding carboxylic acids is 1. The molecule has 2 aromatic rings. The van der Waals surface area contributed by atoms with Crippen molar-refractivity contribution in [2.45, 2.75) is 6.92 Å². The summed E-state index contributed by atoms with van der Waals surface area (Å²) in [5.74, 6) is -1.43.